The summed E-state index contributed by atoms with van der Waals surface area (Å²) in [6.07, 6.45) is 5.94. The quantitative estimate of drug-likeness (QED) is 0.0741. The Bertz CT molecular complexity index is 5190. The molecule has 0 bridgehead atoms. The van der Waals surface area contributed by atoms with Crippen LogP contribution in [0, 0.1) is 0 Å². The summed E-state index contributed by atoms with van der Waals surface area (Å²) in [5.41, 5.74) is 12.8. The van der Waals surface area contributed by atoms with Crippen LogP contribution in [0.5, 0.6) is 23.0 Å². The molecule has 6 fully saturated rings. The average Bonchev–Trinajstić information content (AvgIpc) is 1.57. The van der Waals surface area contributed by atoms with Crippen LogP contribution in [-0.2, 0) is 93.4 Å². The number of ether oxygens (including phenoxy) is 4. The molecule has 6 saturated carbocycles. The van der Waals surface area contributed by atoms with E-state index in [-0.39, 0.29) is 101 Å². The van der Waals surface area contributed by atoms with Gasteiger partial charge in [0.25, 0.3) is 23.6 Å². The van der Waals surface area contributed by atoms with Crippen LogP contribution in [-0.4, -0.2) is 96.7 Å². The summed E-state index contributed by atoms with van der Waals surface area (Å²) in [7, 11) is 0. The molecule has 23 heteroatoms. The third-order valence-electron chi connectivity index (χ3n) is 24.9. The molecule has 0 unspecified atom stereocenters. The minimum Gasteiger partial charge on any atom is -0.489 e. The van der Waals surface area contributed by atoms with Crippen LogP contribution in [0.25, 0.3) is 0 Å². The Morgan fingerprint density at radius 2 is 0.706 bits per heavy atom. The lowest BCUT2D eigenvalue weighted by molar-refractivity contribution is -0.160. The van der Waals surface area contributed by atoms with Crippen molar-refractivity contribution in [3.63, 3.8) is 0 Å². The number of amides is 4. The lowest BCUT2D eigenvalue weighted by Gasteiger charge is -2.30. The number of rotatable bonds is 18. The lowest BCUT2D eigenvalue weighted by atomic mass is 9.87. The van der Waals surface area contributed by atoms with Gasteiger partial charge in [0.1, 0.15) is 49.4 Å². The molecule has 0 spiro atoms. The van der Waals surface area contributed by atoms with Gasteiger partial charge in [-0.2, -0.15) is 13.2 Å². The van der Waals surface area contributed by atoms with Gasteiger partial charge < -0.3 is 38.5 Å². The fourth-order valence-electron chi connectivity index (χ4n) is 17.0. The zero-order chi connectivity index (χ0) is 84.4. The first-order chi connectivity index (χ1) is 56.6. The first-order valence-corrected chi connectivity index (χ1v) is 44.4. The van der Waals surface area contributed by atoms with E-state index >= 15 is 0 Å². The average molecular weight is 1690 g/mol. The zero-order valence-electron chi connectivity index (χ0n) is 68.6. The number of Topliss-reactive ketones (excluding diaryl/α,β-unsaturated/α-hetero) is 4. The largest absolute Gasteiger partial charge is 0.489 e. The van der Waals surface area contributed by atoms with Crippen molar-refractivity contribution < 1.29 is 70.5 Å². The van der Waals surface area contributed by atoms with Crippen LogP contribution in [0.1, 0.15) is 255 Å². The highest BCUT2D eigenvalue weighted by atomic mass is 32.1. The number of hydrogen-bond acceptors (Lipinski definition) is 16. The molecule has 622 valence electrons. The molecule has 4 atom stereocenters. The van der Waals surface area contributed by atoms with Crippen LogP contribution >= 0.6 is 45.3 Å². The second-order valence-electron chi connectivity index (χ2n) is 35.7. The van der Waals surface area contributed by atoms with Gasteiger partial charge in [-0.15, -0.1) is 45.3 Å². The number of thiophene rings is 4. The highest BCUT2D eigenvalue weighted by Crippen LogP contribution is 2.59. The molecule has 4 amide bonds. The van der Waals surface area contributed by atoms with Crippen molar-refractivity contribution >= 4 is 92.1 Å². The minimum absolute atomic E-state index is 0.0101. The second kappa shape index (κ2) is 33.7. The molecule has 0 saturated heterocycles. The van der Waals surface area contributed by atoms with Crippen molar-refractivity contribution in [1.29, 1.82) is 0 Å². The van der Waals surface area contributed by atoms with Gasteiger partial charge in [0.05, 0.1) is 49.1 Å². The number of benzene rings is 4. The third kappa shape index (κ3) is 18.2. The van der Waals surface area contributed by atoms with E-state index in [9.17, 15) is 51.5 Å². The molecule has 4 aliphatic heterocycles. The maximum absolute atomic E-state index is 13.3. The van der Waals surface area contributed by atoms with Crippen LogP contribution < -0.4 is 18.9 Å². The number of fused-ring (bicyclic) bond motifs is 4. The molecule has 0 N–H and O–H groups in total. The van der Waals surface area contributed by atoms with Crippen LogP contribution in [0.4, 0.5) is 13.2 Å². The molecule has 16 nitrogen and oxygen atoms in total. The maximum Gasteiger partial charge on any atom is 0.398 e. The standard InChI is InChI=1S/C24H22F3NO3S.C24H25NO3S.2C24H27NO3S/c1-14-2-7-19(20(29)10-14)28-11-18-15(13-32-21(18)22(28)30)12-31-17-5-3-16(4-6-17)23(8-9-23)24(25,26)27;1-15-3-8-20(21(26)11-15)25-13-16-12-19(29-22(16)23(25)27)14-28-18-6-4-17(5-7-18)24(2)9-10-24;1-15-5-10-20(21(26)11-15)25-12-19-16(14-29-22(19)23(25)27)13-28-18-8-6-17(7-9-18)24(2,3)4;1-15-5-10-20(21(26)11-15)25-13-16-12-19(29-22(16)23(25)27)14-28-18-8-6-17(7-9-18)24(2,3)4/h3-6,13,19H,1-2,7-12H2;4-7,12,20H,1,3,8-11,13-14H2,2H3;6-9,14,20H,1,5,10-13H2,2-4H3;6-9,12,20H,1,5,10-11,13-14H2,2-4H3/t19-;3*20-/m0000/s1. The summed E-state index contributed by atoms with van der Waals surface area (Å²) >= 11 is 5.77. The van der Waals surface area contributed by atoms with Crippen LogP contribution in [0.3, 0.4) is 0 Å². The fraction of sp³-hybridized carbons (Fsp3) is 0.417. The van der Waals surface area contributed by atoms with E-state index in [4.69, 9.17) is 18.9 Å². The van der Waals surface area contributed by atoms with Gasteiger partial charge in [-0.05, 0) is 198 Å². The van der Waals surface area contributed by atoms with E-state index in [2.05, 4.69) is 117 Å². The van der Waals surface area contributed by atoms with Gasteiger partial charge in [0.2, 0.25) is 0 Å². The number of alkyl halides is 3. The Morgan fingerprint density at radius 3 is 1.00 bits per heavy atom. The third-order valence-corrected chi connectivity index (χ3v) is 29.3. The van der Waals surface area contributed by atoms with Crippen molar-refractivity contribution in [1.82, 2.24) is 19.6 Å². The zero-order valence-corrected chi connectivity index (χ0v) is 71.9. The summed E-state index contributed by atoms with van der Waals surface area (Å²) in [6, 6.07) is 33.7. The summed E-state index contributed by atoms with van der Waals surface area (Å²) in [5.74, 6) is 3.21. The molecule has 6 aliphatic carbocycles. The topological polar surface area (TPSA) is 186 Å². The summed E-state index contributed by atoms with van der Waals surface area (Å²) in [6.45, 7) is 34.5. The molecule has 4 aromatic carbocycles. The van der Waals surface area contributed by atoms with Crippen molar-refractivity contribution in [2.75, 3.05) is 0 Å². The van der Waals surface area contributed by atoms with Crippen LogP contribution in [0.15, 0.2) is 169 Å². The summed E-state index contributed by atoms with van der Waals surface area (Å²) < 4.78 is 63.6. The highest BCUT2D eigenvalue weighted by Gasteiger charge is 2.64. The Hall–Kier alpha value is -9.81. The number of ketones is 4. The van der Waals surface area contributed by atoms with Gasteiger partial charge in [0, 0.05) is 83.9 Å². The van der Waals surface area contributed by atoms with E-state index in [1.54, 1.807) is 31.7 Å². The minimum atomic E-state index is -4.24. The van der Waals surface area contributed by atoms with E-state index in [0.29, 0.717) is 113 Å². The van der Waals surface area contributed by atoms with Crippen LogP contribution in [0.2, 0.25) is 0 Å². The van der Waals surface area contributed by atoms with E-state index < -0.39 is 17.6 Å². The molecule has 8 heterocycles. The predicted molar refractivity (Wildman–Crippen MR) is 458 cm³/mol. The number of allylic oxidation sites excluding steroid dienone is 4. The SMILES string of the molecule is C=C1CC[C@H](N2Cc3c(COc4ccc(C(C)(C)C)cc4)csc3C2=O)C(=O)C1.C=C1CC[C@H](N2Cc3c(COc4ccc(C5(C(F)(F)F)CC5)cc4)csc3C2=O)C(=O)C1.C=C1CC[C@H](N2Cc3cc(COc4ccc(C(C)(C)C)cc4)sc3C2=O)C(=O)C1.C=C1CC[C@H](N2Cc3cc(COc4ccc(C5(C)CC5)cc4)sc3C2=O)C(=O)C1. The molecular formula is C96H101F3N4O12S4. The molecule has 8 aromatic rings. The fourth-order valence-corrected chi connectivity index (χ4v) is 21.2. The monoisotopic (exact) mass is 1690 g/mol. The van der Waals surface area contributed by atoms with E-state index in [1.165, 1.54) is 87.0 Å². The molecule has 18 rings (SSSR count). The van der Waals surface area contributed by atoms with Crippen molar-refractivity contribution in [3.05, 3.63) is 253 Å². The molecule has 0 radical (unpaired) electrons. The maximum atomic E-state index is 13.3. The Labute approximate surface area is 709 Å². The van der Waals surface area contributed by atoms with Gasteiger partial charge in [-0.1, -0.05) is 146 Å². The Balaban J connectivity index is 0.000000124. The number of carbonyl (C=O) groups excluding carboxylic acids is 8. The van der Waals surface area contributed by atoms with Gasteiger partial charge in [-0.25, -0.2) is 0 Å². The van der Waals surface area contributed by atoms with Gasteiger partial charge in [-0.3, -0.25) is 38.4 Å². The highest BCUT2D eigenvalue weighted by molar-refractivity contribution is 7.15. The Kier molecular flexibility index (Phi) is 23.8. The first kappa shape index (κ1) is 84.2. The molecule has 4 aromatic heterocycles. The lowest BCUT2D eigenvalue weighted by Crippen LogP contribution is -2.43. The van der Waals surface area contributed by atoms with Gasteiger partial charge in [0.15, 0.2) is 23.1 Å². The molecule has 10 aliphatic rings. The van der Waals surface area contributed by atoms with E-state index in [1.807, 2.05) is 53.2 Å². The summed E-state index contributed by atoms with van der Waals surface area (Å²) in [4.78, 5) is 113. The normalized spacial score (nSPS) is 21.1. The number of halogens is 3. The van der Waals surface area contributed by atoms with Gasteiger partial charge >= 0.3 is 6.18 Å². The van der Waals surface area contributed by atoms with E-state index in [0.717, 1.165) is 123 Å². The number of nitrogens with zero attached hydrogens (tertiary/aromatic N) is 4. The second-order valence-corrected chi connectivity index (χ2v) is 39.7. The first-order valence-electron chi connectivity index (χ1n) is 41.0. The smallest absolute Gasteiger partial charge is 0.398 e. The predicted octanol–water partition coefficient (Wildman–Crippen LogP) is 21.1. The number of hydrogen-bond donors (Lipinski definition) is 0. The van der Waals surface area contributed by atoms with Crippen molar-refractivity contribution in [2.45, 2.75) is 256 Å². The Morgan fingerprint density at radius 1 is 0.403 bits per heavy atom. The van der Waals surface area contributed by atoms with Crippen molar-refractivity contribution in [3.8, 4) is 23.0 Å². The summed E-state index contributed by atoms with van der Waals surface area (Å²) in [5, 5.41) is 3.88. The molecule has 119 heavy (non-hydrogen) atoms. The number of carbonyl (C=O) groups is 8. The molecular weight excluding hydrogens is 1590 g/mol. The van der Waals surface area contributed by atoms with Crippen molar-refractivity contribution in [2.24, 2.45) is 0 Å².